The summed E-state index contributed by atoms with van der Waals surface area (Å²) in [5, 5.41) is 3.24. The molecule has 1 aromatic carbocycles. The van der Waals surface area contributed by atoms with Crippen LogP contribution in [0.4, 0.5) is 5.69 Å². The SMILES string of the molecule is Cl.O=C(c1cccc(N2CCCC2=O)c1)N1CCNCC1. The van der Waals surface area contributed by atoms with Gasteiger partial charge in [-0.05, 0) is 24.6 Å². The number of nitrogens with zero attached hydrogens (tertiary/aromatic N) is 2. The number of nitrogens with one attached hydrogen (secondary N) is 1. The van der Waals surface area contributed by atoms with E-state index in [4.69, 9.17) is 0 Å². The van der Waals surface area contributed by atoms with Gasteiger partial charge >= 0.3 is 0 Å². The topological polar surface area (TPSA) is 52.7 Å². The van der Waals surface area contributed by atoms with Crippen molar-refractivity contribution >= 4 is 29.9 Å². The number of halogens is 1. The molecule has 2 fully saturated rings. The van der Waals surface area contributed by atoms with Gasteiger partial charge in [0.05, 0.1) is 0 Å². The molecule has 2 heterocycles. The van der Waals surface area contributed by atoms with Crippen molar-refractivity contribution in [2.24, 2.45) is 0 Å². The quantitative estimate of drug-likeness (QED) is 0.895. The molecule has 0 atom stereocenters. The average Bonchev–Trinajstić information content (AvgIpc) is 2.94. The molecule has 3 rings (SSSR count). The van der Waals surface area contributed by atoms with Crippen LogP contribution in [-0.2, 0) is 4.79 Å². The highest BCUT2D eigenvalue weighted by Gasteiger charge is 2.23. The molecule has 2 aliphatic heterocycles. The number of hydrogen-bond acceptors (Lipinski definition) is 3. The Labute approximate surface area is 130 Å². The van der Waals surface area contributed by atoms with Crippen molar-refractivity contribution in [2.45, 2.75) is 12.8 Å². The van der Waals surface area contributed by atoms with Crippen LogP contribution in [0.15, 0.2) is 24.3 Å². The minimum absolute atomic E-state index is 0. The van der Waals surface area contributed by atoms with Crippen molar-refractivity contribution in [1.29, 1.82) is 0 Å². The molecule has 6 heteroatoms. The molecule has 0 radical (unpaired) electrons. The van der Waals surface area contributed by atoms with Crippen LogP contribution in [-0.4, -0.2) is 49.4 Å². The van der Waals surface area contributed by atoms with Gasteiger partial charge in [-0.25, -0.2) is 0 Å². The van der Waals surface area contributed by atoms with Crippen molar-refractivity contribution in [3.05, 3.63) is 29.8 Å². The van der Waals surface area contributed by atoms with Crippen molar-refractivity contribution in [1.82, 2.24) is 10.2 Å². The molecular weight excluding hydrogens is 290 g/mol. The summed E-state index contributed by atoms with van der Waals surface area (Å²) in [7, 11) is 0. The van der Waals surface area contributed by atoms with Crippen LogP contribution in [0.3, 0.4) is 0 Å². The molecule has 2 aliphatic rings. The van der Waals surface area contributed by atoms with Gasteiger partial charge in [0.15, 0.2) is 0 Å². The Balaban J connectivity index is 0.00000161. The third-order valence-corrected chi connectivity index (χ3v) is 3.88. The molecule has 0 bridgehead atoms. The number of benzene rings is 1. The Hall–Kier alpha value is -1.59. The van der Waals surface area contributed by atoms with Gasteiger partial charge in [-0.1, -0.05) is 6.07 Å². The maximum absolute atomic E-state index is 12.4. The summed E-state index contributed by atoms with van der Waals surface area (Å²) in [6.07, 6.45) is 1.50. The number of hydrogen-bond donors (Lipinski definition) is 1. The van der Waals surface area contributed by atoms with E-state index in [0.717, 1.165) is 44.8 Å². The van der Waals surface area contributed by atoms with Crippen molar-refractivity contribution in [3.63, 3.8) is 0 Å². The largest absolute Gasteiger partial charge is 0.336 e. The van der Waals surface area contributed by atoms with Gasteiger partial charge in [0.2, 0.25) is 5.91 Å². The lowest BCUT2D eigenvalue weighted by molar-refractivity contribution is -0.117. The standard InChI is InChI=1S/C15H19N3O2.ClH/c19-14-5-2-8-18(14)13-4-1-3-12(11-13)15(20)17-9-6-16-7-10-17;/h1,3-4,11,16H,2,5-10H2;1H. The van der Waals surface area contributed by atoms with Gasteiger partial charge in [-0.3, -0.25) is 9.59 Å². The number of carbonyl (C=O) groups is 2. The lowest BCUT2D eigenvalue weighted by Crippen LogP contribution is -2.46. The Bertz CT molecular complexity index is 529. The zero-order chi connectivity index (χ0) is 13.9. The highest BCUT2D eigenvalue weighted by Crippen LogP contribution is 2.22. The molecule has 1 aromatic rings. The summed E-state index contributed by atoms with van der Waals surface area (Å²) >= 11 is 0. The molecule has 2 saturated heterocycles. The summed E-state index contributed by atoms with van der Waals surface area (Å²) in [5.41, 5.74) is 1.51. The summed E-state index contributed by atoms with van der Waals surface area (Å²) < 4.78 is 0. The van der Waals surface area contributed by atoms with E-state index in [2.05, 4.69) is 5.32 Å². The van der Waals surface area contributed by atoms with E-state index in [9.17, 15) is 9.59 Å². The second-order valence-corrected chi connectivity index (χ2v) is 5.24. The fourth-order valence-corrected chi connectivity index (χ4v) is 2.78. The minimum atomic E-state index is 0. The highest BCUT2D eigenvalue weighted by molar-refractivity contribution is 5.99. The number of carbonyl (C=O) groups excluding carboxylic acids is 2. The van der Waals surface area contributed by atoms with E-state index in [0.29, 0.717) is 12.0 Å². The van der Waals surface area contributed by atoms with Crippen molar-refractivity contribution in [2.75, 3.05) is 37.6 Å². The molecule has 0 spiro atoms. The first-order valence-corrected chi connectivity index (χ1v) is 7.16. The number of piperazine rings is 1. The maximum Gasteiger partial charge on any atom is 0.254 e. The third-order valence-electron chi connectivity index (χ3n) is 3.88. The van der Waals surface area contributed by atoms with Crippen LogP contribution >= 0.6 is 12.4 Å². The average molecular weight is 310 g/mol. The Kier molecular flexibility index (Phi) is 5.20. The van der Waals surface area contributed by atoms with E-state index < -0.39 is 0 Å². The van der Waals surface area contributed by atoms with Crippen LogP contribution in [0, 0.1) is 0 Å². The molecule has 21 heavy (non-hydrogen) atoms. The molecule has 114 valence electrons. The van der Waals surface area contributed by atoms with E-state index in [1.54, 1.807) is 4.90 Å². The van der Waals surface area contributed by atoms with Crippen LogP contribution in [0.25, 0.3) is 0 Å². The predicted octanol–water partition coefficient (Wildman–Crippen LogP) is 1.28. The van der Waals surface area contributed by atoms with Gasteiger partial charge in [-0.15, -0.1) is 12.4 Å². The highest BCUT2D eigenvalue weighted by atomic mass is 35.5. The lowest BCUT2D eigenvalue weighted by atomic mass is 10.1. The van der Waals surface area contributed by atoms with Crippen molar-refractivity contribution < 1.29 is 9.59 Å². The lowest BCUT2D eigenvalue weighted by Gasteiger charge is -2.27. The zero-order valence-electron chi connectivity index (χ0n) is 11.9. The summed E-state index contributed by atoms with van der Waals surface area (Å²) in [4.78, 5) is 27.9. The first-order valence-electron chi connectivity index (χ1n) is 7.16. The predicted molar refractivity (Wildman–Crippen MR) is 84.1 cm³/mol. The first kappa shape index (κ1) is 15.8. The number of rotatable bonds is 2. The second kappa shape index (κ2) is 6.91. The molecule has 0 saturated carbocycles. The second-order valence-electron chi connectivity index (χ2n) is 5.24. The molecule has 2 amide bonds. The molecule has 0 aliphatic carbocycles. The Morgan fingerprint density at radius 3 is 2.57 bits per heavy atom. The number of amides is 2. The third kappa shape index (κ3) is 3.36. The van der Waals surface area contributed by atoms with Gasteiger partial charge in [-0.2, -0.15) is 0 Å². The fourth-order valence-electron chi connectivity index (χ4n) is 2.78. The van der Waals surface area contributed by atoms with Crippen LogP contribution in [0.2, 0.25) is 0 Å². The zero-order valence-corrected chi connectivity index (χ0v) is 12.7. The summed E-state index contributed by atoms with van der Waals surface area (Å²) in [6, 6.07) is 7.43. The van der Waals surface area contributed by atoms with Crippen LogP contribution < -0.4 is 10.2 Å². The van der Waals surface area contributed by atoms with Gasteiger partial charge in [0, 0.05) is 50.4 Å². The fraction of sp³-hybridized carbons (Fsp3) is 0.467. The monoisotopic (exact) mass is 309 g/mol. The van der Waals surface area contributed by atoms with E-state index in [1.807, 2.05) is 29.2 Å². The molecular formula is C15H20ClN3O2. The van der Waals surface area contributed by atoms with Crippen molar-refractivity contribution in [3.8, 4) is 0 Å². The van der Waals surface area contributed by atoms with Crippen LogP contribution in [0.1, 0.15) is 23.2 Å². The first-order chi connectivity index (χ1) is 9.75. The summed E-state index contributed by atoms with van der Waals surface area (Å²) in [5.74, 6) is 0.205. The number of anilines is 1. The smallest absolute Gasteiger partial charge is 0.254 e. The molecule has 0 aromatic heterocycles. The summed E-state index contributed by atoms with van der Waals surface area (Å²) in [6.45, 7) is 3.92. The molecule has 5 nitrogen and oxygen atoms in total. The maximum atomic E-state index is 12.4. The normalized spacial score (nSPS) is 18.6. The van der Waals surface area contributed by atoms with Gasteiger partial charge in [0.25, 0.3) is 5.91 Å². The van der Waals surface area contributed by atoms with E-state index in [-0.39, 0.29) is 24.2 Å². The van der Waals surface area contributed by atoms with E-state index in [1.165, 1.54) is 0 Å². The Morgan fingerprint density at radius 2 is 1.90 bits per heavy atom. The Morgan fingerprint density at radius 1 is 1.14 bits per heavy atom. The minimum Gasteiger partial charge on any atom is -0.336 e. The molecule has 0 unspecified atom stereocenters. The van der Waals surface area contributed by atoms with Gasteiger partial charge < -0.3 is 15.1 Å². The van der Waals surface area contributed by atoms with Gasteiger partial charge in [0.1, 0.15) is 0 Å². The van der Waals surface area contributed by atoms with Crippen LogP contribution in [0.5, 0.6) is 0 Å². The molecule has 1 N–H and O–H groups in total. The van der Waals surface area contributed by atoms with E-state index >= 15 is 0 Å².